The van der Waals surface area contributed by atoms with Crippen molar-refractivity contribution in [3.05, 3.63) is 69.8 Å². The quantitative estimate of drug-likeness (QED) is 0.360. The fourth-order valence-electron chi connectivity index (χ4n) is 1.71. The molecule has 0 N–H and O–H groups in total. The normalized spacial score (nSPS) is 10.0. The average Bonchev–Trinajstić information content (AvgIpc) is 2.53. The van der Waals surface area contributed by atoms with E-state index in [4.69, 9.17) is 4.74 Å². The van der Waals surface area contributed by atoms with E-state index in [0.29, 0.717) is 5.56 Å². The average molecular weight is 300 g/mol. The molecule has 0 radical (unpaired) electrons. The number of nitro benzene ring substituents is 1. The Morgan fingerprint density at radius 2 is 1.77 bits per heavy atom. The Hall–Kier alpha value is -3.22. The molecule has 0 heterocycles. The summed E-state index contributed by atoms with van der Waals surface area (Å²) in [5, 5.41) is 22.2. The van der Waals surface area contributed by atoms with Gasteiger partial charge in [-0.3, -0.25) is 14.9 Å². The van der Waals surface area contributed by atoms with E-state index in [2.05, 4.69) is 0 Å². The number of carbonyl (C=O) groups is 2. The SMILES string of the molecule is O=C(COC(=O)c1cc([N+](=O)[O-])ccc1[O-])c1ccccc1. The van der Waals surface area contributed by atoms with Crippen LogP contribution in [-0.4, -0.2) is 23.3 Å². The smallest absolute Gasteiger partial charge is 0.338 e. The van der Waals surface area contributed by atoms with Crippen LogP contribution in [0.25, 0.3) is 0 Å². The largest absolute Gasteiger partial charge is 0.872 e. The van der Waals surface area contributed by atoms with Crippen molar-refractivity contribution in [3.63, 3.8) is 0 Å². The monoisotopic (exact) mass is 300 g/mol. The highest BCUT2D eigenvalue weighted by molar-refractivity contribution is 6.00. The Morgan fingerprint density at radius 3 is 2.41 bits per heavy atom. The number of Topliss-reactive ketones (excluding diaryl/α,β-unsaturated/α-hetero) is 1. The van der Waals surface area contributed by atoms with E-state index in [1.807, 2.05) is 0 Å². The zero-order valence-electron chi connectivity index (χ0n) is 11.2. The van der Waals surface area contributed by atoms with Gasteiger partial charge in [0.25, 0.3) is 5.69 Å². The first kappa shape index (κ1) is 15.2. The lowest BCUT2D eigenvalue weighted by atomic mass is 10.1. The third-order valence-corrected chi connectivity index (χ3v) is 2.82. The molecule has 0 aromatic heterocycles. The predicted molar refractivity (Wildman–Crippen MR) is 73.6 cm³/mol. The molecule has 0 bridgehead atoms. The van der Waals surface area contributed by atoms with Crippen molar-refractivity contribution in [2.45, 2.75) is 0 Å². The van der Waals surface area contributed by atoms with Crippen LogP contribution in [0.5, 0.6) is 5.75 Å². The number of hydrogen-bond acceptors (Lipinski definition) is 6. The lowest BCUT2D eigenvalue weighted by Gasteiger charge is -2.12. The Bertz CT molecular complexity index is 726. The van der Waals surface area contributed by atoms with Crippen LogP contribution in [-0.2, 0) is 4.74 Å². The number of nitro groups is 1. The summed E-state index contributed by atoms with van der Waals surface area (Å²) < 4.78 is 4.75. The van der Waals surface area contributed by atoms with Gasteiger partial charge in [0, 0.05) is 17.7 Å². The van der Waals surface area contributed by atoms with E-state index >= 15 is 0 Å². The van der Waals surface area contributed by atoms with Gasteiger partial charge in [0.2, 0.25) is 0 Å². The second-order valence-corrected chi connectivity index (χ2v) is 4.30. The van der Waals surface area contributed by atoms with Gasteiger partial charge in [0.1, 0.15) is 0 Å². The molecule has 22 heavy (non-hydrogen) atoms. The maximum absolute atomic E-state index is 11.8. The number of benzene rings is 2. The van der Waals surface area contributed by atoms with Gasteiger partial charge < -0.3 is 9.84 Å². The van der Waals surface area contributed by atoms with E-state index in [1.165, 1.54) is 0 Å². The molecule has 7 nitrogen and oxygen atoms in total. The molecular weight excluding hydrogens is 290 g/mol. The summed E-state index contributed by atoms with van der Waals surface area (Å²) in [7, 11) is 0. The van der Waals surface area contributed by atoms with Gasteiger partial charge in [-0.05, 0) is 0 Å². The van der Waals surface area contributed by atoms with Crippen molar-refractivity contribution in [3.8, 4) is 5.75 Å². The molecule has 112 valence electrons. The van der Waals surface area contributed by atoms with Gasteiger partial charge in [0.05, 0.1) is 10.5 Å². The van der Waals surface area contributed by atoms with Crippen LogP contribution >= 0.6 is 0 Å². The highest BCUT2D eigenvalue weighted by atomic mass is 16.6. The first-order valence-corrected chi connectivity index (χ1v) is 6.20. The van der Waals surface area contributed by atoms with Gasteiger partial charge >= 0.3 is 5.97 Å². The molecule has 2 aromatic rings. The van der Waals surface area contributed by atoms with E-state index < -0.39 is 40.3 Å². The Morgan fingerprint density at radius 1 is 1.09 bits per heavy atom. The molecule has 0 aliphatic heterocycles. The minimum absolute atomic E-state index is 0.358. The van der Waals surface area contributed by atoms with Crippen molar-refractivity contribution in [2.75, 3.05) is 6.61 Å². The first-order valence-electron chi connectivity index (χ1n) is 6.20. The summed E-state index contributed by atoms with van der Waals surface area (Å²) in [4.78, 5) is 33.5. The van der Waals surface area contributed by atoms with Gasteiger partial charge in [-0.2, -0.15) is 0 Å². The number of rotatable bonds is 5. The summed E-state index contributed by atoms with van der Waals surface area (Å²) in [6.07, 6.45) is 0. The van der Waals surface area contributed by atoms with Crippen LogP contribution in [0.3, 0.4) is 0 Å². The number of ether oxygens (including phenoxy) is 1. The molecule has 0 atom stereocenters. The van der Waals surface area contributed by atoms with E-state index in [0.717, 1.165) is 18.2 Å². The standard InChI is InChI=1S/C15H11NO6/c17-13-7-6-11(16(20)21)8-12(13)15(19)22-9-14(18)10-4-2-1-3-5-10/h1-8,17H,9H2/p-1. The van der Waals surface area contributed by atoms with Gasteiger partial charge in [-0.15, -0.1) is 0 Å². The molecule has 0 saturated carbocycles. The highest BCUT2D eigenvalue weighted by Gasteiger charge is 2.15. The Balaban J connectivity index is 2.08. The van der Waals surface area contributed by atoms with Crippen molar-refractivity contribution in [1.82, 2.24) is 0 Å². The van der Waals surface area contributed by atoms with Crippen molar-refractivity contribution in [2.24, 2.45) is 0 Å². The number of nitrogens with zero attached hydrogens (tertiary/aromatic N) is 1. The molecule has 0 saturated heterocycles. The van der Waals surface area contributed by atoms with E-state index in [-0.39, 0.29) is 0 Å². The second-order valence-electron chi connectivity index (χ2n) is 4.30. The van der Waals surface area contributed by atoms with Crippen molar-refractivity contribution in [1.29, 1.82) is 0 Å². The van der Waals surface area contributed by atoms with Crippen LogP contribution in [0.4, 0.5) is 5.69 Å². The molecule has 0 aliphatic carbocycles. The minimum atomic E-state index is -1.07. The summed E-state index contributed by atoms with van der Waals surface area (Å²) in [6.45, 7) is -0.551. The maximum Gasteiger partial charge on any atom is 0.338 e. The van der Waals surface area contributed by atoms with Crippen molar-refractivity contribution < 1.29 is 24.4 Å². The maximum atomic E-state index is 11.8. The minimum Gasteiger partial charge on any atom is -0.872 e. The summed E-state index contributed by atoms with van der Waals surface area (Å²) >= 11 is 0. The number of non-ortho nitro benzene ring substituents is 1. The second kappa shape index (κ2) is 6.49. The summed E-state index contributed by atoms with van der Waals surface area (Å²) in [5.41, 5.74) is -0.521. The topological polar surface area (TPSA) is 110 Å². The predicted octanol–water partition coefficient (Wildman–Crippen LogP) is 1.71. The highest BCUT2D eigenvalue weighted by Crippen LogP contribution is 2.21. The first-order chi connectivity index (χ1) is 10.5. The number of esters is 1. The zero-order chi connectivity index (χ0) is 16.1. The van der Waals surface area contributed by atoms with Crippen LogP contribution in [0.2, 0.25) is 0 Å². The zero-order valence-corrected chi connectivity index (χ0v) is 11.2. The van der Waals surface area contributed by atoms with Gasteiger partial charge in [-0.1, -0.05) is 42.1 Å². The molecule has 0 unspecified atom stereocenters. The van der Waals surface area contributed by atoms with E-state index in [1.54, 1.807) is 30.3 Å². The Kier molecular flexibility index (Phi) is 4.47. The third kappa shape index (κ3) is 3.45. The molecule has 2 rings (SSSR count). The molecule has 0 fully saturated rings. The lowest BCUT2D eigenvalue weighted by molar-refractivity contribution is -0.385. The van der Waals surface area contributed by atoms with Crippen LogP contribution in [0, 0.1) is 10.1 Å². The molecule has 2 aromatic carbocycles. The fourth-order valence-corrected chi connectivity index (χ4v) is 1.71. The molecule has 0 amide bonds. The van der Waals surface area contributed by atoms with Crippen LogP contribution in [0.1, 0.15) is 20.7 Å². The van der Waals surface area contributed by atoms with Crippen LogP contribution in [0.15, 0.2) is 48.5 Å². The number of hydrogen-bond donors (Lipinski definition) is 0. The number of ketones is 1. The fraction of sp³-hybridized carbons (Fsp3) is 0.0667. The summed E-state index contributed by atoms with van der Waals surface area (Å²) in [6, 6.07) is 10.9. The summed E-state index contributed by atoms with van der Waals surface area (Å²) in [5.74, 6) is -2.22. The third-order valence-electron chi connectivity index (χ3n) is 2.82. The lowest BCUT2D eigenvalue weighted by Crippen LogP contribution is -2.15. The molecule has 0 spiro atoms. The van der Waals surface area contributed by atoms with Crippen LogP contribution < -0.4 is 5.11 Å². The van der Waals surface area contributed by atoms with Gasteiger partial charge in [0.15, 0.2) is 12.4 Å². The van der Waals surface area contributed by atoms with E-state index in [9.17, 15) is 24.8 Å². The molecule has 7 heteroatoms. The molecular formula is C15H10NO6-. The number of carbonyl (C=O) groups excluding carboxylic acids is 2. The Labute approximate surface area is 124 Å². The van der Waals surface area contributed by atoms with Crippen molar-refractivity contribution >= 4 is 17.4 Å². The van der Waals surface area contributed by atoms with Gasteiger partial charge in [-0.25, -0.2) is 4.79 Å². The molecule has 0 aliphatic rings.